The van der Waals surface area contributed by atoms with Gasteiger partial charge in [0.15, 0.2) is 0 Å². The number of nitrogens with one attached hydrogen (secondary N) is 1. The van der Waals surface area contributed by atoms with Gasteiger partial charge in [-0.2, -0.15) is 0 Å². The zero-order valence-electron chi connectivity index (χ0n) is 11.7. The van der Waals surface area contributed by atoms with Crippen molar-refractivity contribution in [2.24, 2.45) is 5.92 Å². The number of halogens is 1. The molecule has 1 fully saturated rings. The summed E-state index contributed by atoms with van der Waals surface area (Å²) in [6, 6.07) is 4.06. The second kappa shape index (κ2) is 5.93. The van der Waals surface area contributed by atoms with Crippen LogP contribution in [-0.2, 0) is 4.79 Å². The molecule has 0 bridgehead atoms. The van der Waals surface area contributed by atoms with Crippen LogP contribution in [0.15, 0.2) is 18.2 Å². The van der Waals surface area contributed by atoms with E-state index in [-0.39, 0.29) is 22.3 Å². The molecule has 0 heterocycles. The van der Waals surface area contributed by atoms with E-state index in [0.29, 0.717) is 12.8 Å². The van der Waals surface area contributed by atoms with E-state index in [1.165, 1.54) is 18.2 Å². The van der Waals surface area contributed by atoms with E-state index in [2.05, 4.69) is 5.32 Å². The van der Waals surface area contributed by atoms with Crippen molar-refractivity contribution in [3.63, 3.8) is 0 Å². The first-order valence-electron chi connectivity index (χ1n) is 6.88. The van der Waals surface area contributed by atoms with E-state index in [1.54, 1.807) is 0 Å². The normalized spacial score (nSPS) is 25.3. The number of aliphatic carboxylic acids is 1. The van der Waals surface area contributed by atoms with Gasteiger partial charge in [0.05, 0.1) is 5.02 Å². The van der Waals surface area contributed by atoms with E-state index >= 15 is 0 Å². The van der Waals surface area contributed by atoms with Gasteiger partial charge in [0.1, 0.15) is 11.3 Å². The first-order valence-corrected chi connectivity index (χ1v) is 7.26. The number of carboxylic acids is 1. The van der Waals surface area contributed by atoms with E-state index in [0.717, 1.165) is 12.8 Å². The Balaban J connectivity index is 2.22. The third kappa shape index (κ3) is 3.29. The number of phenolic OH excluding ortho intramolecular Hbond substituents is 1. The number of rotatable bonds is 3. The van der Waals surface area contributed by atoms with Gasteiger partial charge in [0.25, 0.3) is 5.91 Å². The minimum atomic E-state index is -1.22. The molecule has 114 valence electrons. The zero-order chi connectivity index (χ0) is 15.6. The van der Waals surface area contributed by atoms with Crippen LogP contribution in [0.25, 0.3) is 0 Å². The second-order valence-electron chi connectivity index (χ2n) is 5.71. The van der Waals surface area contributed by atoms with Crippen molar-refractivity contribution in [2.45, 2.75) is 38.1 Å². The lowest BCUT2D eigenvalue weighted by molar-refractivity contribution is -0.146. The Hall–Kier alpha value is -1.75. The predicted octanol–water partition coefficient (Wildman–Crippen LogP) is 2.81. The fraction of sp³-hybridized carbons (Fsp3) is 0.467. The summed E-state index contributed by atoms with van der Waals surface area (Å²) in [6.07, 6.45) is 2.57. The van der Waals surface area contributed by atoms with Crippen molar-refractivity contribution >= 4 is 23.5 Å². The molecule has 0 radical (unpaired) electrons. The summed E-state index contributed by atoms with van der Waals surface area (Å²) >= 11 is 5.77. The van der Waals surface area contributed by atoms with Crippen LogP contribution in [0.4, 0.5) is 0 Å². The number of amides is 1. The van der Waals surface area contributed by atoms with Crippen LogP contribution in [0.2, 0.25) is 5.02 Å². The molecular formula is C15H18ClNO4. The number of hydrogen-bond donors (Lipinski definition) is 3. The van der Waals surface area contributed by atoms with Gasteiger partial charge in [0.2, 0.25) is 0 Å². The fourth-order valence-corrected chi connectivity index (χ4v) is 3.03. The highest BCUT2D eigenvalue weighted by Crippen LogP contribution is 2.33. The molecule has 1 aromatic carbocycles. The van der Waals surface area contributed by atoms with Gasteiger partial charge in [-0.25, -0.2) is 4.79 Å². The Bertz CT molecular complexity index is 575. The Morgan fingerprint density at radius 2 is 2.14 bits per heavy atom. The van der Waals surface area contributed by atoms with E-state index in [4.69, 9.17) is 11.6 Å². The number of carboxylic acid groups (broad SMARTS) is 1. The maximum Gasteiger partial charge on any atom is 0.329 e. The van der Waals surface area contributed by atoms with Gasteiger partial charge in [-0.05, 0) is 37.0 Å². The lowest BCUT2D eigenvalue weighted by atomic mass is 9.76. The molecule has 2 rings (SSSR count). The monoisotopic (exact) mass is 311 g/mol. The van der Waals surface area contributed by atoms with Gasteiger partial charge in [-0.3, -0.25) is 4.79 Å². The third-order valence-electron chi connectivity index (χ3n) is 3.97. The SMILES string of the molecule is CC1CCCC(NC(=O)c2ccc(O)c(Cl)c2)(C(=O)O)C1. The Morgan fingerprint density at radius 1 is 1.43 bits per heavy atom. The molecule has 1 aliphatic rings. The van der Waals surface area contributed by atoms with Crippen LogP contribution in [0.1, 0.15) is 43.0 Å². The number of hydrogen-bond acceptors (Lipinski definition) is 3. The highest BCUT2D eigenvalue weighted by molar-refractivity contribution is 6.32. The highest BCUT2D eigenvalue weighted by Gasteiger charge is 2.43. The van der Waals surface area contributed by atoms with Crippen molar-refractivity contribution in [1.29, 1.82) is 0 Å². The summed E-state index contributed by atoms with van der Waals surface area (Å²) in [5, 5.41) is 21.6. The number of carbonyl (C=O) groups excluding carboxylic acids is 1. The number of benzene rings is 1. The summed E-state index contributed by atoms with van der Waals surface area (Å²) in [7, 11) is 0. The summed E-state index contributed by atoms with van der Waals surface area (Å²) in [5.41, 5.74) is -0.990. The summed E-state index contributed by atoms with van der Waals surface area (Å²) in [5.74, 6) is -1.37. The molecule has 2 unspecified atom stereocenters. The summed E-state index contributed by atoms with van der Waals surface area (Å²) in [4.78, 5) is 23.9. The van der Waals surface area contributed by atoms with Crippen LogP contribution in [0.5, 0.6) is 5.75 Å². The fourth-order valence-electron chi connectivity index (χ4n) is 2.85. The second-order valence-corrected chi connectivity index (χ2v) is 6.12. The molecule has 1 aromatic rings. The topological polar surface area (TPSA) is 86.6 Å². The molecule has 1 amide bonds. The van der Waals surface area contributed by atoms with Crippen molar-refractivity contribution in [3.8, 4) is 5.75 Å². The molecule has 6 heteroatoms. The van der Waals surface area contributed by atoms with Crippen molar-refractivity contribution in [1.82, 2.24) is 5.32 Å². The maximum atomic E-state index is 12.3. The minimum absolute atomic E-state index is 0.0593. The van der Waals surface area contributed by atoms with Gasteiger partial charge in [-0.15, -0.1) is 0 Å². The van der Waals surface area contributed by atoms with Gasteiger partial charge in [0, 0.05) is 5.56 Å². The first-order chi connectivity index (χ1) is 9.84. The molecule has 0 aromatic heterocycles. The van der Waals surface area contributed by atoms with Crippen LogP contribution >= 0.6 is 11.6 Å². The van der Waals surface area contributed by atoms with Crippen molar-refractivity contribution < 1.29 is 19.8 Å². The van der Waals surface area contributed by atoms with Crippen molar-refractivity contribution in [2.75, 3.05) is 0 Å². The molecule has 3 N–H and O–H groups in total. The lowest BCUT2D eigenvalue weighted by Crippen LogP contribution is -2.56. The summed E-state index contributed by atoms with van der Waals surface area (Å²) < 4.78 is 0. The largest absolute Gasteiger partial charge is 0.506 e. The zero-order valence-corrected chi connectivity index (χ0v) is 12.5. The van der Waals surface area contributed by atoms with E-state index in [9.17, 15) is 19.8 Å². The number of aromatic hydroxyl groups is 1. The molecule has 1 saturated carbocycles. The standard InChI is InChI=1S/C15H18ClNO4/c1-9-3-2-6-15(8-9,14(20)21)17-13(19)10-4-5-12(18)11(16)7-10/h4-5,7,9,18H,2-3,6,8H2,1H3,(H,17,19)(H,20,21). The molecule has 5 nitrogen and oxygen atoms in total. The average Bonchev–Trinajstić information content (AvgIpc) is 2.41. The van der Waals surface area contributed by atoms with Crippen LogP contribution in [0.3, 0.4) is 0 Å². The van der Waals surface area contributed by atoms with E-state index in [1.807, 2.05) is 6.92 Å². The van der Waals surface area contributed by atoms with Gasteiger partial charge < -0.3 is 15.5 Å². The Labute approximate surface area is 127 Å². The molecule has 0 aliphatic heterocycles. The van der Waals surface area contributed by atoms with E-state index < -0.39 is 17.4 Å². The summed E-state index contributed by atoms with van der Waals surface area (Å²) in [6.45, 7) is 1.99. The quantitative estimate of drug-likeness (QED) is 0.801. The molecule has 2 atom stereocenters. The molecule has 1 aliphatic carbocycles. The number of carbonyl (C=O) groups is 2. The molecule has 21 heavy (non-hydrogen) atoms. The lowest BCUT2D eigenvalue weighted by Gasteiger charge is -2.37. The Kier molecular flexibility index (Phi) is 4.42. The predicted molar refractivity (Wildman–Crippen MR) is 78.6 cm³/mol. The molecule has 0 spiro atoms. The Morgan fingerprint density at radius 3 is 2.71 bits per heavy atom. The first kappa shape index (κ1) is 15.6. The maximum absolute atomic E-state index is 12.3. The van der Waals surface area contributed by atoms with Gasteiger partial charge >= 0.3 is 5.97 Å². The smallest absolute Gasteiger partial charge is 0.329 e. The number of phenols is 1. The van der Waals surface area contributed by atoms with Crippen LogP contribution < -0.4 is 5.32 Å². The van der Waals surface area contributed by atoms with Crippen molar-refractivity contribution in [3.05, 3.63) is 28.8 Å². The highest BCUT2D eigenvalue weighted by atomic mass is 35.5. The van der Waals surface area contributed by atoms with Crippen LogP contribution in [-0.4, -0.2) is 27.6 Å². The minimum Gasteiger partial charge on any atom is -0.506 e. The van der Waals surface area contributed by atoms with Gasteiger partial charge in [-0.1, -0.05) is 31.4 Å². The third-order valence-corrected chi connectivity index (χ3v) is 4.27. The molecular weight excluding hydrogens is 294 g/mol. The van der Waals surface area contributed by atoms with Crippen LogP contribution in [0, 0.1) is 5.92 Å². The average molecular weight is 312 g/mol. The molecule has 0 saturated heterocycles.